The third kappa shape index (κ3) is 3.08. The van der Waals surface area contributed by atoms with Crippen molar-refractivity contribution in [2.24, 2.45) is 4.99 Å². The molecule has 6 heteroatoms. The van der Waals surface area contributed by atoms with Gasteiger partial charge < -0.3 is 5.32 Å². The molecular weight excluding hydrogens is 312 g/mol. The van der Waals surface area contributed by atoms with Gasteiger partial charge in [0.15, 0.2) is 11.6 Å². The molecule has 1 amide bonds. The lowest BCUT2D eigenvalue weighted by Crippen LogP contribution is -2.29. The van der Waals surface area contributed by atoms with Gasteiger partial charge in [-0.05, 0) is 37.6 Å². The van der Waals surface area contributed by atoms with E-state index in [1.165, 1.54) is 12.3 Å². The van der Waals surface area contributed by atoms with Crippen molar-refractivity contribution in [3.8, 4) is 11.1 Å². The first-order valence-electron chi connectivity index (χ1n) is 7.41. The van der Waals surface area contributed by atoms with Gasteiger partial charge in [0.05, 0.1) is 0 Å². The topological polar surface area (TPSA) is 54.4 Å². The second-order valence-corrected chi connectivity index (χ2v) is 5.57. The Morgan fingerprint density at radius 3 is 2.67 bits per heavy atom. The van der Waals surface area contributed by atoms with Crippen molar-refractivity contribution < 1.29 is 13.6 Å². The molecule has 0 bridgehead atoms. The Kier molecular flexibility index (Phi) is 4.20. The van der Waals surface area contributed by atoms with Crippen LogP contribution in [0.5, 0.6) is 0 Å². The fourth-order valence-corrected chi connectivity index (χ4v) is 2.49. The number of benzene rings is 1. The molecular formula is C18H15F2N3O. The van der Waals surface area contributed by atoms with Crippen molar-refractivity contribution in [3.05, 3.63) is 65.1 Å². The lowest BCUT2D eigenvalue weighted by Gasteiger charge is -2.10. The molecule has 1 aromatic carbocycles. The van der Waals surface area contributed by atoms with Crippen LogP contribution < -0.4 is 5.32 Å². The van der Waals surface area contributed by atoms with Gasteiger partial charge in [-0.2, -0.15) is 0 Å². The van der Waals surface area contributed by atoms with Crippen molar-refractivity contribution in [3.63, 3.8) is 0 Å². The Labute approximate surface area is 138 Å². The molecule has 0 radical (unpaired) electrons. The number of aliphatic imine (C=N–C) groups is 1. The molecule has 0 saturated carbocycles. The standard InChI is InChI=1S/C18H15F2N3O/c1-10-5-6-21-9-14(10)13-7-12(8-15(19)17(13)20)18(24)23-16-4-3-11(2)22-16/h3,5-9H,4H2,1-2H3,(H,22,23,24). The third-order valence-electron chi connectivity index (χ3n) is 3.78. The van der Waals surface area contributed by atoms with Gasteiger partial charge in [0, 0.05) is 41.2 Å². The minimum absolute atomic E-state index is 0.00779. The number of nitrogens with zero attached hydrogens (tertiary/aromatic N) is 2. The summed E-state index contributed by atoms with van der Waals surface area (Å²) >= 11 is 0. The summed E-state index contributed by atoms with van der Waals surface area (Å²) in [5.74, 6) is -2.12. The van der Waals surface area contributed by atoms with Crippen molar-refractivity contribution in [1.82, 2.24) is 10.3 Å². The van der Waals surface area contributed by atoms with Crippen molar-refractivity contribution in [2.45, 2.75) is 20.3 Å². The number of hydrogen-bond acceptors (Lipinski definition) is 3. The van der Waals surface area contributed by atoms with Gasteiger partial charge >= 0.3 is 0 Å². The summed E-state index contributed by atoms with van der Waals surface area (Å²) in [7, 11) is 0. The van der Waals surface area contributed by atoms with Gasteiger partial charge in [-0.3, -0.25) is 9.78 Å². The van der Waals surface area contributed by atoms with E-state index in [9.17, 15) is 13.6 Å². The zero-order valence-corrected chi connectivity index (χ0v) is 13.2. The van der Waals surface area contributed by atoms with E-state index in [1.807, 2.05) is 13.0 Å². The van der Waals surface area contributed by atoms with E-state index in [0.717, 1.165) is 17.3 Å². The maximum absolute atomic E-state index is 14.2. The van der Waals surface area contributed by atoms with Gasteiger partial charge in [0.25, 0.3) is 5.91 Å². The summed E-state index contributed by atoms with van der Waals surface area (Å²) < 4.78 is 28.2. The molecule has 122 valence electrons. The van der Waals surface area contributed by atoms with Gasteiger partial charge in [-0.25, -0.2) is 13.8 Å². The zero-order valence-electron chi connectivity index (χ0n) is 13.2. The SMILES string of the molecule is CC1=CCC(NC(=O)c2cc(F)c(F)c(-c3cnccc3C)c2)=N1. The Hall–Kier alpha value is -2.89. The van der Waals surface area contributed by atoms with Crippen LogP contribution in [-0.4, -0.2) is 16.7 Å². The fourth-order valence-electron chi connectivity index (χ4n) is 2.49. The molecule has 1 aliphatic heterocycles. The Morgan fingerprint density at radius 2 is 2.00 bits per heavy atom. The summed E-state index contributed by atoms with van der Waals surface area (Å²) in [5.41, 5.74) is 2.02. The smallest absolute Gasteiger partial charge is 0.256 e. The third-order valence-corrected chi connectivity index (χ3v) is 3.78. The monoisotopic (exact) mass is 327 g/mol. The van der Waals surface area contributed by atoms with Gasteiger partial charge in [0.2, 0.25) is 0 Å². The number of amidine groups is 1. The molecule has 2 aromatic rings. The van der Waals surface area contributed by atoms with E-state index in [0.29, 0.717) is 17.8 Å². The Bertz CT molecular complexity index is 888. The molecule has 0 fully saturated rings. The van der Waals surface area contributed by atoms with E-state index in [4.69, 9.17) is 0 Å². The number of pyridine rings is 1. The average Bonchev–Trinajstić information content (AvgIpc) is 2.95. The number of halogens is 2. The summed E-state index contributed by atoms with van der Waals surface area (Å²) in [5, 5.41) is 2.62. The lowest BCUT2D eigenvalue weighted by molar-refractivity contribution is 0.0976. The van der Waals surface area contributed by atoms with Gasteiger partial charge in [-0.15, -0.1) is 0 Å². The zero-order chi connectivity index (χ0) is 17.3. The molecule has 3 rings (SSSR count). The number of amides is 1. The van der Waals surface area contributed by atoms with E-state index in [2.05, 4.69) is 15.3 Å². The number of aromatic nitrogens is 1. The van der Waals surface area contributed by atoms with Crippen molar-refractivity contribution in [1.29, 1.82) is 0 Å². The largest absolute Gasteiger partial charge is 0.310 e. The first-order chi connectivity index (χ1) is 11.5. The second-order valence-electron chi connectivity index (χ2n) is 5.57. The van der Waals surface area contributed by atoms with E-state index in [-0.39, 0.29) is 11.1 Å². The maximum atomic E-state index is 14.2. The fraction of sp³-hybridized carbons (Fsp3) is 0.167. The minimum atomic E-state index is -1.08. The van der Waals surface area contributed by atoms with Crippen LogP contribution in [0.2, 0.25) is 0 Å². The number of rotatable bonds is 2. The number of nitrogens with one attached hydrogen (secondary N) is 1. The normalized spacial score (nSPS) is 13.5. The molecule has 1 aromatic heterocycles. The molecule has 0 atom stereocenters. The van der Waals surface area contributed by atoms with Crippen molar-refractivity contribution in [2.75, 3.05) is 0 Å². The molecule has 24 heavy (non-hydrogen) atoms. The molecule has 1 aliphatic rings. The summed E-state index contributed by atoms with van der Waals surface area (Å²) in [4.78, 5) is 20.4. The first kappa shape index (κ1) is 16.0. The molecule has 1 N–H and O–H groups in total. The molecule has 2 heterocycles. The number of hydrogen-bond donors (Lipinski definition) is 1. The van der Waals surface area contributed by atoms with Crippen LogP contribution in [0, 0.1) is 18.6 Å². The van der Waals surface area contributed by atoms with Crippen LogP contribution in [-0.2, 0) is 0 Å². The summed E-state index contributed by atoms with van der Waals surface area (Å²) in [6.07, 6.45) is 5.39. The van der Waals surface area contributed by atoms with Crippen LogP contribution >= 0.6 is 0 Å². The van der Waals surface area contributed by atoms with Gasteiger partial charge in [0.1, 0.15) is 5.84 Å². The van der Waals surface area contributed by atoms with E-state index >= 15 is 0 Å². The quantitative estimate of drug-likeness (QED) is 0.913. The first-order valence-corrected chi connectivity index (χ1v) is 7.41. The second kappa shape index (κ2) is 6.31. The molecule has 0 saturated heterocycles. The number of allylic oxidation sites excluding steroid dienone is 1. The molecule has 0 spiro atoms. The highest BCUT2D eigenvalue weighted by Crippen LogP contribution is 2.28. The number of carbonyl (C=O) groups excluding carboxylic acids is 1. The predicted octanol–water partition coefficient (Wildman–Crippen LogP) is 3.77. The van der Waals surface area contributed by atoms with Crippen LogP contribution in [0.3, 0.4) is 0 Å². The summed E-state index contributed by atoms with van der Waals surface area (Å²) in [6.45, 7) is 3.59. The maximum Gasteiger partial charge on any atom is 0.256 e. The highest BCUT2D eigenvalue weighted by molar-refractivity contribution is 6.08. The predicted molar refractivity (Wildman–Crippen MR) is 87.6 cm³/mol. The minimum Gasteiger partial charge on any atom is -0.310 e. The molecule has 0 aliphatic carbocycles. The highest BCUT2D eigenvalue weighted by atomic mass is 19.2. The average molecular weight is 327 g/mol. The number of aryl methyl sites for hydroxylation is 1. The highest BCUT2D eigenvalue weighted by Gasteiger charge is 2.19. The molecule has 0 unspecified atom stereocenters. The Morgan fingerprint density at radius 1 is 1.21 bits per heavy atom. The van der Waals surface area contributed by atoms with Crippen LogP contribution in [0.15, 0.2) is 47.4 Å². The van der Waals surface area contributed by atoms with Crippen LogP contribution in [0.25, 0.3) is 11.1 Å². The number of carbonyl (C=O) groups is 1. The molecule has 4 nitrogen and oxygen atoms in total. The van der Waals surface area contributed by atoms with Crippen molar-refractivity contribution >= 4 is 11.7 Å². The van der Waals surface area contributed by atoms with Gasteiger partial charge in [-0.1, -0.05) is 6.08 Å². The van der Waals surface area contributed by atoms with E-state index in [1.54, 1.807) is 19.2 Å². The summed E-state index contributed by atoms with van der Waals surface area (Å²) in [6, 6.07) is 3.91. The van der Waals surface area contributed by atoms with Crippen LogP contribution in [0.4, 0.5) is 8.78 Å². The van der Waals surface area contributed by atoms with E-state index < -0.39 is 17.5 Å². The van der Waals surface area contributed by atoms with Crippen LogP contribution in [0.1, 0.15) is 29.3 Å². The lowest BCUT2D eigenvalue weighted by atomic mass is 9.99. The Balaban J connectivity index is 1.97.